The van der Waals surface area contributed by atoms with Crippen molar-refractivity contribution in [1.82, 2.24) is 10.6 Å². The molecule has 0 fully saturated rings. The maximum Gasteiger partial charge on any atom is 0.239 e. The van der Waals surface area contributed by atoms with Crippen LogP contribution in [0.4, 0.5) is 0 Å². The lowest BCUT2D eigenvalue weighted by Gasteiger charge is -2.16. The molecule has 0 aromatic heterocycles. The van der Waals surface area contributed by atoms with Gasteiger partial charge in [-0.2, -0.15) is 0 Å². The molecule has 140 valence electrons. The highest BCUT2D eigenvalue weighted by Crippen LogP contribution is 2.19. The molecule has 0 aromatic carbocycles. The molecule has 2 N–H and O–H groups in total. The summed E-state index contributed by atoms with van der Waals surface area (Å²) in [7, 11) is 0. The number of amides is 2. The van der Waals surface area contributed by atoms with Crippen molar-refractivity contribution in [3.63, 3.8) is 0 Å². The van der Waals surface area contributed by atoms with Crippen LogP contribution in [0.5, 0.6) is 0 Å². The Hall–Kier alpha value is -1.39. The molecule has 5 nitrogen and oxygen atoms in total. The van der Waals surface area contributed by atoms with Crippen molar-refractivity contribution in [2.75, 3.05) is 6.54 Å². The number of rotatable bonds is 12. The summed E-state index contributed by atoms with van der Waals surface area (Å²) in [5.41, 5.74) is -0.223. The summed E-state index contributed by atoms with van der Waals surface area (Å²) >= 11 is 0. The number of nitrogens with one attached hydrogen (secondary N) is 2. The van der Waals surface area contributed by atoms with Gasteiger partial charge in [-0.05, 0) is 26.7 Å². The van der Waals surface area contributed by atoms with Crippen molar-refractivity contribution in [2.45, 2.75) is 92.0 Å². The Morgan fingerprint density at radius 3 is 1.79 bits per heavy atom. The van der Waals surface area contributed by atoms with Crippen LogP contribution in [0.1, 0.15) is 86.0 Å². The van der Waals surface area contributed by atoms with Crippen LogP contribution in [0.15, 0.2) is 0 Å². The van der Waals surface area contributed by atoms with Crippen LogP contribution < -0.4 is 10.6 Å². The number of carbonyl (C=O) groups excluding carboxylic acids is 3. The minimum atomic E-state index is -0.223. The summed E-state index contributed by atoms with van der Waals surface area (Å²) in [4.78, 5) is 34.8. The van der Waals surface area contributed by atoms with Gasteiger partial charge in [0.15, 0.2) is 0 Å². The highest BCUT2D eigenvalue weighted by molar-refractivity contribution is 5.84. The highest BCUT2D eigenvalue weighted by Gasteiger charge is 2.19. The van der Waals surface area contributed by atoms with E-state index < -0.39 is 0 Å². The largest absolute Gasteiger partial charge is 0.352 e. The van der Waals surface area contributed by atoms with E-state index in [-0.39, 0.29) is 29.8 Å². The van der Waals surface area contributed by atoms with E-state index in [0.717, 1.165) is 38.5 Å². The van der Waals surface area contributed by atoms with Gasteiger partial charge < -0.3 is 10.6 Å². The topological polar surface area (TPSA) is 75.3 Å². The second kappa shape index (κ2) is 12.0. The first kappa shape index (κ1) is 22.6. The molecular formula is C19H36N2O3. The zero-order valence-electron chi connectivity index (χ0n) is 16.2. The minimum Gasteiger partial charge on any atom is -0.352 e. The zero-order valence-corrected chi connectivity index (χ0v) is 16.2. The molecule has 0 aliphatic carbocycles. The van der Waals surface area contributed by atoms with Crippen LogP contribution in [-0.4, -0.2) is 30.2 Å². The maximum atomic E-state index is 11.8. The van der Waals surface area contributed by atoms with Gasteiger partial charge in [-0.15, -0.1) is 0 Å². The van der Waals surface area contributed by atoms with Gasteiger partial charge in [0.25, 0.3) is 0 Å². The van der Waals surface area contributed by atoms with E-state index in [0.29, 0.717) is 18.6 Å². The molecule has 2 amide bonds. The van der Waals surface area contributed by atoms with Crippen LogP contribution in [0.25, 0.3) is 0 Å². The Morgan fingerprint density at radius 1 is 0.792 bits per heavy atom. The summed E-state index contributed by atoms with van der Waals surface area (Å²) in [5, 5.41) is 5.37. The molecule has 0 aromatic rings. The highest BCUT2D eigenvalue weighted by atomic mass is 16.2. The minimum absolute atomic E-state index is 0.0544. The number of hydrogen-bond donors (Lipinski definition) is 2. The maximum absolute atomic E-state index is 11.8. The normalized spacial score (nSPS) is 11.4. The molecule has 0 saturated carbocycles. The van der Waals surface area contributed by atoms with Crippen molar-refractivity contribution in [3.8, 4) is 0 Å². The summed E-state index contributed by atoms with van der Waals surface area (Å²) in [5.74, 6) is 0.119. The first-order valence-corrected chi connectivity index (χ1v) is 9.22. The second-order valence-corrected chi connectivity index (χ2v) is 7.79. The fourth-order valence-corrected chi connectivity index (χ4v) is 2.29. The number of unbranched alkanes of at least 4 members (excludes halogenated alkanes) is 5. The molecule has 0 atom stereocenters. The van der Waals surface area contributed by atoms with Crippen LogP contribution >= 0.6 is 0 Å². The predicted octanol–water partition coefficient (Wildman–Crippen LogP) is 3.36. The molecule has 0 heterocycles. The lowest BCUT2D eigenvalue weighted by Crippen LogP contribution is -2.39. The Morgan fingerprint density at radius 2 is 1.29 bits per heavy atom. The lowest BCUT2D eigenvalue weighted by molar-refractivity contribution is -0.126. The third kappa shape index (κ3) is 13.1. The lowest BCUT2D eigenvalue weighted by atomic mass is 9.88. The quantitative estimate of drug-likeness (QED) is 0.535. The first-order valence-electron chi connectivity index (χ1n) is 9.22. The van der Waals surface area contributed by atoms with Crippen molar-refractivity contribution < 1.29 is 14.4 Å². The van der Waals surface area contributed by atoms with E-state index in [9.17, 15) is 14.4 Å². The SMILES string of the molecule is CC(C)NC(=O)CNC(=O)CCCCCCCCC(=O)C(C)(C)C. The van der Waals surface area contributed by atoms with Crippen LogP contribution in [0.3, 0.4) is 0 Å². The molecule has 0 spiro atoms. The average Bonchev–Trinajstić information content (AvgIpc) is 2.45. The van der Waals surface area contributed by atoms with Crippen LogP contribution in [0.2, 0.25) is 0 Å². The molecule has 0 rings (SSSR count). The van der Waals surface area contributed by atoms with E-state index in [1.54, 1.807) is 0 Å². The van der Waals surface area contributed by atoms with Gasteiger partial charge in [-0.25, -0.2) is 0 Å². The van der Waals surface area contributed by atoms with Crippen LogP contribution in [0, 0.1) is 5.41 Å². The Bertz CT molecular complexity index is 398. The molecule has 24 heavy (non-hydrogen) atoms. The zero-order chi connectivity index (χ0) is 18.6. The standard InChI is InChI=1S/C19H36N2O3/c1-15(2)21-18(24)14-20-17(23)13-11-9-7-6-8-10-12-16(22)19(3,4)5/h15H,6-14H2,1-5H3,(H,20,23)(H,21,24). The predicted molar refractivity (Wildman–Crippen MR) is 97.7 cm³/mol. The molecule has 0 saturated heterocycles. The van der Waals surface area contributed by atoms with Gasteiger partial charge in [0.1, 0.15) is 5.78 Å². The Balaban J connectivity index is 3.49. The third-order valence-corrected chi connectivity index (χ3v) is 3.79. The number of Topliss-reactive ketones (excluding diaryl/α,β-unsaturated/α-hetero) is 1. The van der Waals surface area contributed by atoms with Gasteiger partial charge >= 0.3 is 0 Å². The first-order chi connectivity index (χ1) is 11.1. The molecule has 0 aliphatic rings. The fraction of sp³-hybridized carbons (Fsp3) is 0.842. The summed E-state index contributed by atoms with van der Waals surface area (Å²) in [6, 6.07) is 0.0908. The fourth-order valence-electron chi connectivity index (χ4n) is 2.29. The van der Waals surface area contributed by atoms with E-state index in [1.807, 2.05) is 34.6 Å². The Labute approximate surface area is 147 Å². The van der Waals surface area contributed by atoms with E-state index in [2.05, 4.69) is 10.6 Å². The van der Waals surface area contributed by atoms with E-state index in [4.69, 9.17) is 0 Å². The Kier molecular flexibility index (Phi) is 11.3. The smallest absolute Gasteiger partial charge is 0.239 e. The number of carbonyl (C=O) groups is 3. The van der Waals surface area contributed by atoms with Gasteiger partial charge in [-0.1, -0.05) is 46.5 Å². The monoisotopic (exact) mass is 340 g/mol. The molecule has 0 bridgehead atoms. The molecule has 0 unspecified atom stereocenters. The second-order valence-electron chi connectivity index (χ2n) is 7.79. The van der Waals surface area contributed by atoms with Gasteiger partial charge in [0.2, 0.25) is 11.8 Å². The van der Waals surface area contributed by atoms with Crippen molar-refractivity contribution in [3.05, 3.63) is 0 Å². The molecule has 0 radical (unpaired) electrons. The van der Waals surface area contributed by atoms with Crippen LogP contribution in [-0.2, 0) is 14.4 Å². The summed E-state index contributed by atoms with van der Waals surface area (Å²) < 4.78 is 0. The van der Waals surface area contributed by atoms with Crippen molar-refractivity contribution in [1.29, 1.82) is 0 Å². The van der Waals surface area contributed by atoms with Gasteiger partial charge in [-0.3, -0.25) is 14.4 Å². The van der Waals surface area contributed by atoms with Crippen molar-refractivity contribution >= 4 is 17.6 Å². The van der Waals surface area contributed by atoms with E-state index >= 15 is 0 Å². The average molecular weight is 341 g/mol. The van der Waals surface area contributed by atoms with Gasteiger partial charge in [0.05, 0.1) is 6.54 Å². The molecule has 5 heteroatoms. The van der Waals surface area contributed by atoms with Crippen molar-refractivity contribution in [2.24, 2.45) is 5.41 Å². The summed E-state index contributed by atoms with van der Waals surface area (Å²) in [6.07, 6.45) is 7.23. The number of ketones is 1. The third-order valence-electron chi connectivity index (χ3n) is 3.79. The molecular weight excluding hydrogens is 304 g/mol. The van der Waals surface area contributed by atoms with E-state index in [1.165, 1.54) is 0 Å². The van der Waals surface area contributed by atoms with Gasteiger partial charge in [0, 0.05) is 24.3 Å². The number of hydrogen-bond acceptors (Lipinski definition) is 3. The summed E-state index contributed by atoms with van der Waals surface area (Å²) in [6.45, 7) is 9.73. The molecule has 0 aliphatic heterocycles.